The molecule has 454 valence electrons. The Balaban J connectivity index is 0.000000342. The van der Waals surface area contributed by atoms with E-state index >= 15 is 0 Å². The first-order valence-corrected chi connectivity index (χ1v) is 27.2. The van der Waals surface area contributed by atoms with Gasteiger partial charge in [-0.05, 0) is 74.8 Å². The van der Waals surface area contributed by atoms with Crippen molar-refractivity contribution in [3.63, 3.8) is 0 Å². The van der Waals surface area contributed by atoms with E-state index in [1.165, 1.54) is 121 Å². The lowest BCUT2D eigenvalue weighted by molar-refractivity contribution is -0.144. The van der Waals surface area contributed by atoms with E-state index < -0.39 is 130 Å². The summed E-state index contributed by atoms with van der Waals surface area (Å²) in [6.07, 6.45) is 0.0620. The van der Waals surface area contributed by atoms with Gasteiger partial charge in [0.1, 0.15) is 33.0 Å². The quantitative estimate of drug-likeness (QED) is 0.111. The monoisotopic (exact) mass is 1330 g/mol. The zero-order valence-electron chi connectivity index (χ0n) is 73.7. The van der Waals surface area contributed by atoms with Crippen molar-refractivity contribution in [3.8, 4) is 0 Å². The van der Waals surface area contributed by atoms with Crippen LogP contribution in [0, 0.1) is 0 Å². The number of halogens is 8. The zero-order valence-corrected chi connectivity index (χ0v) is 49.8. The van der Waals surface area contributed by atoms with E-state index in [1.54, 1.807) is 0 Å². The van der Waals surface area contributed by atoms with Gasteiger partial charge in [-0.2, -0.15) is 0 Å². The molecule has 12 nitrogen and oxygen atoms in total. The van der Waals surface area contributed by atoms with Crippen LogP contribution in [-0.2, 0) is 107 Å². The maximum absolute atomic E-state index is 11.9. The maximum atomic E-state index is 11.9. The Hall–Kier alpha value is -3.83. The second-order valence-electron chi connectivity index (χ2n) is 16.1. The summed E-state index contributed by atoms with van der Waals surface area (Å²) in [5, 5.41) is 0. The van der Waals surface area contributed by atoms with Crippen LogP contribution in [0.3, 0.4) is 0 Å². The standard InChI is InChI=1S/2C12H14ClNO2.3C8H8Cl2.3C5H8O2/c2*13-7-10-1-3-11(4-2-10)8-14-5-6-16-9-12(14)15;3*9-5-7-1-2-8(6-10)4-3-7;3*6-5-2-1-3-7-4-5/h2*1-4H,5-9H2;3*1-4H,5-6H2;3*1-4H2/i6D2,7D2,8D2;5D2,7D2,8D2;3*5D2,6D2;4D2;3D2;1D2. The average molecular weight is 1340 g/mol. The van der Waals surface area contributed by atoms with Crippen LogP contribution in [0.4, 0.5) is 0 Å². The van der Waals surface area contributed by atoms with Gasteiger partial charge < -0.3 is 33.5 Å². The van der Waals surface area contributed by atoms with Gasteiger partial charge in [-0.3, -0.25) is 24.0 Å². The molecule has 10 rings (SSSR count). The first-order valence-electron chi connectivity index (χ1n) is 39.2. The molecule has 5 saturated heterocycles. The van der Waals surface area contributed by atoms with Crippen LogP contribution in [-0.4, -0.2) is 118 Å². The molecule has 83 heavy (non-hydrogen) atoms. The highest BCUT2D eigenvalue weighted by atomic mass is 35.5. The fourth-order valence-electron chi connectivity index (χ4n) is 5.72. The molecule has 5 fully saturated rings. The SMILES string of the molecule is [2H]C([2H])(Cl)c1ccc(C([2H])([2H])Cl)cc1.[2H]C([2H])(Cl)c1ccc(C([2H])([2H])Cl)cc1.[2H]C([2H])(Cl)c1ccc(C([2H])([2H])Cl)cc1.[2H]C([2H])(Cl)c1ccc(C([2H])([2H])N2C(=O)COCC2([2H])[2H])cc1.[2H]C1([2H])CCC(=O)CO1.[2H]C1([2H])CN(C([2H])([2H])c2ccc(C([2H])([2H])Cl)cc2)C(=O)CO1.[2H]C1([2H])COCC(=O)C1.[2H]C1([2H])OCCCC1=O. The smallest absolute Gasteiger partial charge is 0.248 e. The summed E-state index contributed by atoms with van der Waals surface area (Å²) in [5.41, 5.74) is 2.12. The van der Waals surface area contributed by atoms with Crippen molar-refractivity contribution in [2.75, 3.05) is 79.0 Å². The molecule has 5 heterocycles. The van der Waals surface area contributed by atoms with Crippen molar-refractivity contribution in [3.05, 3.63) is 177 Å². The lowest BCUT2D eigenvalue weighted by atomic mass is 10.1. The van der Waals surface area contributed by atoms with Crippen molar-refractivity contribution in [2.24, 2.45) is 0 Å². The molecule has 0 radical (unpaired) electrons. The number of hydrogen-bond donors (Lipinski definition) is 0. The predicted octanol–water partition coefficient (Wildman–Crippen LogP) is 14.2. The fourth-order valence-corrected chi connectivity index (χ4v) is 6.72. The zero-order chi connectivity index (χ0) is 87.2. The van der Waals surface area contributed by atoms with Gasteiger partial charge >= 0.3 is 0 Å². The highest BCUT2D eigenvalue weighted by molar-refractivity contribution is 6.19. The minimum Gasteiger partial charge on any atom is -0.374 e. The van der Waals surface area contributed by atoms with Crippen molar-refractivity contribution in [2.45, 2.75) is 98.1 Å². The topological polar surface area (TPSA) is 138 Å². The second-order valence-corrected chi connectivity index (χ2v) is 17.6. The third kappa shape index (κ3) is 33.6. The van der Waals surface area contributed by atoms with Crippen LogP contribution in [0.25, 0.3) is 0 Å². The molecule has 5 aliphatic heterocycles. The number of nitrogens with zero attached hydrogens (tertiary/aromatic N) is 2. The Morgan fingerprint density at radius 1 is 0.361 bits per heavy atom. The molecular formula is C63H76Cl8N2O10. The van der Waals surface area contributed by atoms with Crippen LogP contribution < -0.4 is 0 Å². The second kappa shape index (κ2) is 46.4. The number of rotatable bonds is 12. The van der Waals surface area contributed by atoms with Gasteiger partial charge in [0.25, 0.3) is 0 Å². The normalized spacial score (nSPS) is 25.8. The molecule has 0 spiro atoms. The minimum absolute atomic E-state index is 0.00694. The van der Waals surface area contributed by atoms with E-state index in [1.807, 2.05) is 0 Å². The number of hydrogen-bond acceptors (Lipinski definition) is 10. The summed E-state index contributed by atoms with van der Waals surface area (Å²) in [5.74, 6) is -17.8. The maximum Gasteiger partial charge on any atom is 0.248 e. The Kier molecular flexibility index (Phi) is 21.9. The Morgan fingerprint density at radius 3 is 1.01 bits per heavy atom. The van der Waals surface area contributed by atoms with E-state index in [2.05, 4.69) is 14.2 Å². The molecule has 0 atom stereocenters. The van der Waals surface area contributed by atoms with Gasteiger partial charge in [-0.25, -0.2) is 0 Å². The van der Waals surface area contributed by atoms with E-state index in [9.17, 15) is 24.0 Å². The highest BCUT2D eigenvalue weighted by Crippen LogP contribution is 2.15. The number of ketones is 3. The highest BCUT2D eigenvalue weighted by Gasteiger charge is 2.19. The van der Waals surface area contributed by atoms with Crippen LogP contribution in [0.5, 0.6) is 0 Å². The van der Waals surface area contributed by atoms with Gasteiger partial charge in [-0.15, -0.1) is 92.8 Å². The molecule has 0 unspecified atom stereocenters. The van der Waals surface area contributed by atoms with Crippen molar-refractivity contribution >= 4 is 122 Å². The summed E-state index contributed by atoms with van der Waals surface area (Å²) in [6.45, 7) is -14.0. The predicted molar refractivity (Wildman–Crippen MR) is 336 cm³/mol. The number of amides is 2. The lowest BCUT2D eigenvalue weighted by Gasteiger charge is -2.26. The number of alkyl halides is 8. The van der Waals surface area contributed by atoms with Crippen LogP contribution in [0.1, 0.15) is 135 Å². The Bertz CT molecular complexity index is 3660. The van der Waals surface area contributed by atoms with Gasteiger partial charge in [0.2, 0.25) is 11.8 Å². The van der Waals surface area contributed by atoms with Crippen LogP contribution >= 0.6 is 92.8 Å². The van der Waals surface area contributed by atoms with E-state index in [-0.39, 0.29) is 106 Å². The van der Waals surface area contributed by atoms with Crippen LogP contribution in [0.15, 0.2) is 121 Å². The molecule has 0 saturated carbocycles. The van der Waals surface area contributed by atoms with E-state index in [4.69, 9.17) is 143 Å². The average Bonchev–Trinajstić information content (AvgIpc) is 0.760. The number of morpholine rings is 2. The van der Waals surface area contributed by atoms with Crippen LogP contribution in [0.2, 0.25) is 0 Å². The summed E-state index contributed by atoms with van der Waals surface area (Å²) in [4.78, 5) is 56.6. The van der Waals surface area contributed by atoms with Gasteiger partial charge in [0.15, 0.2) is 17.3 Å². The van der Waals surface area contributed by atoms with Crippen molar-refractivity contribution in [1.29, 1.82) is 0 Å². The molecule has 0 bridgehead atoms. The number of Topliss-reactive ketones (excluding diaryl/α,β-unsaturated/α-hetero) is 3. The van der Waals surface area contributed by atoms with Crippen molar-refractivity contribution < 1.29 is 88.8 Å². The lowest BCUT2D eigenvalue weighted by Crippen LogP contribution is -2.40. The summed E-state index contributed by atoms with van der Waals surface area (Å²) in [7, 11) is 0. The Morgan fingerprint density at radius 2 is 0.699 bits per heavy atom. The summed E-state index contributed by atoms with van der Waals surface area (Å²) < 4.78 is 244. The molecule has 5 aliphatic rings. The molecule has 5 aromatic rings. The largest absolute Gasteiger partial charge is 0.374 e. The summed E-state index contributed by atoms with van der Waals surface area (Å²) in [6, 6.07) is 27.5. The number of benzene rings is 5. The first kappa shape index (κ1) is 39.1. The van der Waals surface area contributed by atoms with Gasteiger partial charge in [0, 0.05) is 136 Å². The number of carbonyl (C=O) groups is 5. The molecule has 2 amide bonds. The van der Waals surface area contributed by atoms with Gasteiger partial charge in [-0.1, -0.05) is 121 Å². The van der Waals surface area contributed by atoms with Crippen molar-refractivity contribution in [1.82, 2.24) is 9.80 Å². The number of carbonyl (C=O) groups excluding carboxylic acids is 5. The molecule has 0 aliphatic carbocycles. The number of ether oxygens (including phenoxy) is 5. The third-order valence-corrected chi connectivity index (χ3v) is 11.6. The molecule has 0 aromatic heterocycles. The summed E-state index contributed by atoms with van der Waals surface area (Å²) >= 11 is 43.7. The third-order valence-electron chi connectivity index (χ3n) is 9.89. The Labute approximate surface area is 572 Å². The molecule has 20 heteroatoms. The minimum atomic E-state index is -2.40. The fraction of sp³-hybridized carbons (Fsp3) is 0.444. The molecular weight excluding hydrogens is 1230 g/mol. The van der Waals surface area contributed by atoms with E-state index in [0.717, 1.165) is 4.90 Å². The molecule has 5 aromatic carbocycles. The molecule has 0 N–H and O–H groups in total. The van der Waals surface area contributed by atoms with Gasteiger partial charge in [0.05, 0.1) is 29.6 Å². The first-order chi connectivity index (χ1) is 50.9. The van der Waals surface area contributed by atoms with E-state index in [0.29, 0.717) is 30.8 Å².